The Morgan fingerprint density at radius 1 is 0.641 bits per heavy atom. The molecule has 0 aromatic rings. The molecule has 238 valence electrons. The van der Waals surface area contributed by atoms with Crippen LogP contribution in [0.2, 0.25) is 0 Å². The molecule has 3 fully saturated rings. The molecule has 0 N–H and O–H groups in total. The Kier molecular flexibility index (Phi) is 27.1. The normalized spacial score (nSPS) is 21.5. The Morgan fingerprint density at radius 2 is 1.00 bits per heavy atom. The van der Waals surface area contributed by atoms with Crippen molar-refractivity contribution in [2.24, 2.45) is 46.8 Å². The van der Waals surface area contributed by atoms with Crippen LogP contribution in [0.1, 0.15) is 206 Å². The maximum atomic E-state index is 2.56. The van der Waals surface area contributed by atoms with Crippen molar-refractivity contribution in [3.8, 4) is 0 Å². The van der Waals surface area contributed by atoms with Crippen LogP contribution < -0.4 is 0 Å². The van der Waals surface area contributed by atoms with Crippen LogP contribution in [0, 0.1) is 46.8 Å². The Balaban J connectivity index is 0. The van der Waals surface area contributed by atoms with Gasteiger partial charge in [-0.05, 0) is 78.9 Å². The molecule has 4 unspecified atom stereocenters. The van der Waals surface area contributed by atoms with Gasteiger partial charge in [-0.2, -0.15) is 0 Å². The van der Waals surface area contributed by atoms with E-state index in [1.165, 1.54) is 116 Å². The number of hydrogen-bond acceptors (Lipinski definition) is 0. The first kappa shape index (κ1) is 41.1. The average molecular weight is 551 g/mol. The van der Waals surface area contributed by atoms with Crippen molar-refractivity contribution in [1.82, 2.24) is 0 Å². The average Bonchev–Trinajstić information content (AvgIpc) is 2.85. The Hall–Kier alpha value is 0. The molecule has 0 amide bonds. The van der Waals surface area contributed by atoms with E-state index < -0.39 is 0 Å². The fourth-order valence-electron chi connectivity index (χ4n) is 6.57. The first-order valence-electron chi connectivity index (χ1n) is 18.6. The summed E-state index contributed by atoms with van der Waals surface area (Å²) in [4.78, 5) is 0. The van der Waals surface area contributed by atoms with Crippen molar-refractivity contribution < 1.29 is 0 Å². The highest BCUT2D eigenvalue weighted by Gasteiger charge is 2.41. The predicted molar refractivity (Wildman–Crippen MR) is 184 cm³/mol. The van der Waals surface area contributed by atoms with Gasteiger partial charge in [0.05, 0.1) is 0 Å². The van der Waals surface area contributed by atoms with Crippen LogP contribution in [-0.4, -0.2) is 0 Å². The van der Waals surface area contributed by atoms with Gasteiger partial charge >= 0.3 is 0 Å². The third-order valence-corrected chi connectivity index (χ3v) is 10.6. The fourth-order valence-corrected chi connectivity index (χ4v) is 6.57. The molecule has 4 atom stereocenters. The quantitative estimate of drug-likeness (QED) is 0.214. The zero-order valence-corrected chi connectivity index (χ0v) is 30.3. The molecule has 0 spiro atoms. The van der Waals surface area contributed by atoms with Gasteiger partial charge in [-0.15, -0.1) is 0 Å². The molecule has 0 nitrogen and oxygen atoms in total. The lowest BCUT2D eigenvalue weighted by Gasteiger charge is -2.48. The van der Waals surface area contributed by atoms with E-state index >= 15 is 0 Å². The maximum absolute atomic E-state index is 2.56. The smallest absolute Gasteiger partial charge is 0.0297 e. The van der Waals surface area contributed by atoms with Crippen LogP contribution in [0.25, 0.3) is 0 Å². The first-order chi connectivity index (χ1) is 18.6. The summed E-state index contributed by atoms with van der Waals surface area (Å²) in [7, 11) is 0. The number of rotatable bonds is 13. The third-order valence-electron chi connectivity index (χ3n) is 10.6. The summed E-state index contributed by atoms with van der Waals surface area (Å²) in [5.74, 6) is 6.63. The lowest BCUT2D eigenvalue weighted by atomic mass is 9.57. The van der Waals surface area contributed by atoms with E-state index in [2.05, 4.69) is 76.2 Å². The summed E-state index contributed by atoms with van der Waals surface area (Å²) in [5, 5.41) is 0. The standard InChI is InChI=1S/C25H50.C5H10.C4H8.C3H8.C2H6/c1-9-19(5)15-21(7)24(22(8)16-20(6)10-2)14-13-23-17-25(11-3,12-4)18-23;1-5-3-2-4-5;1-2-4-3-1;1-3-2;1-2/h19-24H,9-18H2,1-8H3;5H,2-4H2,1H3;1-4H2;3H2,1-2H3;1-2H3. The Bertz CT molecular complexity index is 450. The zero-order valence-electron chi connectivity index (χ0n) is 30.3. The number of hydrogen-bond donors (Lipinski definition) is 0. The van der Waals surface area contributed by atoms with Gasteiger partial charge in [-0.1, -0.05) is 173 Å². The monoisotopic (exact) mass is 551 g/mol. The molecular weight excluding hydrogens is 468 g/mol. The highest BCUT2D eigenvalue weighted by molar-refractivity contribution is 4.92. The topological polar surface area (TPSA) is 0 Å². The summed E-state index contributed by atoms with van der Waals surface area (Å²) in [6.45, 7) is 30.1. The second-order valence-corrected chi connectivity index (χ2v) is 14.3. The molecule has 0 bridgehead atoms. The van der Waals surface area contributed by atoms with E-state index in [0.717, 1.165) is 46.8 Å². The van der Waals surface area contributed by atoms with Gasteiger partial charge in [-0.25, -0.2) is 0 Å². The van der Waals surface area contributed by atoms with Gasteiger partial charge in [0.2, 0.25) is 0 Å². The van der Waals surface area contributed by atoms with Gasteiger partial charge < -0.3 is 0 Å². The zero-order chi connectivity index (χ0) is 30.3. The summed E-state index contributed by atoms with van der Waals surface area (Å²) >= 11 is 0. The van der Waals surface area contributed by atoms with E-state index in [9.17, 15) is 0 Å². The Labute approximate surface area is 252 Å². The van der Waals surface area contributed by atoms with Gasteiger partial charge in [0.25, 0.3) is 0 Å². The largest absolute Gasteiger partial charge is 0.0683 e. The molecule has 0 aromatic heterocycles. The van der Waals surface area contributed by atoms with Crippen LogP contribution in [0.5, 0.6) is 0 Å². The Morgan fingerprint density at radius 3 is 1.23 bits per heavy atom. The van der Waals surface area contributed by atoms with Gasteiger partial charge in [-0.3, -0.25) is 0 Å². The summed E-state index contributed by atoms with van der Waals surface area (Å²) in [6.07, 6.45) is 26.1. The van der Waals surface area contributed by atoms with Crippen molar-refractivity contribution in [2.45, 2.75) is 206 Å². The van der Waals surface area contributed by atoms with E-state index in [4.69, 9.17) is 0 Å². The van der Waals surface area contributed by atoms with Crippen LogP contribution >= 0.6 is 0 Å². The van der Waals surface area contributed by atoms with Gasteiger partial charge in [0.1, 0.15) is 0 Å². The van der Waals surface area contributed by atoms with Gasteiger partial charge in [0.15, 0.2) is 0 Å². The molecule has 0 heterocycles. The lowest BCUT2D eigenvalue weighted by molar-refractivity contribution is 0.0311. The minimum atomic E-state index is 0.727. The molecule has 3 aliphatic rings. The van der Waals surface area contributed by atoms with Crippen LogP contribution in [-0.2, 0) is 0 Å². The van der Waals surface area contributed by atoms with E-state index in [0.29, 0.717) is 0 Å². The molecule has 3 aliphatic carbocycles. The summed E-state index contributed by atoms with van der Waals surface area (Å²) in [5.41, 5.74) is 0.727. The molecule has 39 heavy (non-hydrogen) atoms. The van der Waals surface area contributed by atoms with Crippen LogP contribution in [0.15, 0.2) is 0 Å². The second kappa shape index (κ2) is 25.7. The van der Waals surface area contributed by atoms with E-state index in [1.54, 1.807) is 0 Å². The molecule has 3 rings (SSSR count). The molecular formula is C39H82. The molecule has 0 radical (unpaired) electrons. The highest BCUT2D eigenvalue weighted by atomic mass is 14.5. The van der Waals surface area contributed by atoms with E-state index in [1.807, 2.05) is 13.8 Å². The first-order valence-corrected chi connectivity index (χ1v) is 18.6. The fraction of sp³-hybridized carbons (Fsp3) is 1.00. The van der Waals surface area contributed by atoms with Gasteiger partial charge in [0, 0.05) is 0 Å². The van der Waals surface area contributed by atoms with Crippen molar-refractivity contribution in [1.29, 1.82) is 0 Å². The van der Waals surface area contributed by atoms with Crippen LogP contribution in [0.3, 0.4) is 0 Å². The SMILES string of the molecule is C1CCC1.CC.CC1CCC1.CCC.CCC(C)CC(C)C(CCC1CC(CC)(CC)C1)C(C)CC(C)CC. The molecule has 0 saturated heterocycles. The summed E-state index contributed by atoms with van der Waals surface area (Å²) < 4.78 is 0. The lowest BCUT2D eigenvalue weighted by Crippen LogP contribution is -2.36. The highest BCUT2D eigenvalue weighted by Crippen LogP contribution is 2.53. The minimum absolute atomic E-state index is 0.727. The predicted octanol–water partition coefficient (Wildman–Crippen LogP) is 14.6. The maximum Gasteiger partial charge on any atom is -0.0297 e. The van der Waals surface area contributed by atoms with Crippen molar-refractivity contribution in [2.75, 3.05) is 0 Å². The third kappa shape index (κ3) is 18.9. The van der Waals surface area contributed by atoms with Crippen LogP contribution in [0.4, 0.5) is 0 Å². The molecule has 3 saturated carbocycles. The van der Waals surface area contributed by atoms with Crippen molar-refractivity contribution in [3.05, 3.63) is 0 Å². The molecule has 0 aromatic carbocycles. The van der Waals surface area contributed by atoms with E-state index in [-0.39, 0.29) is 0 Å². The molecule has 0 heteroatoms. The van der Waals surface area contributed by atoms with Crippen molar-refractivity contribution in [3.63, 3.8) is 0 Å². The second-order valence-electron chi connectivity index (χ2n) is 14.3. The minimum Gasteiger partial charge on any atom is -0.0683 e. The molecule has 0 aliphatic heterocycles. The summed E-state index contributed by atoms with van der Waals surface area (Å²) in [6, 6.07) is 0. The van der Waals surface area contributed by atoms with Crippen molar-refractivity contribution >= 4 is 0 Å².